The van der Waals surface area contributed by atoms with E-state index in [1.165, 1.54) is 128 Å². The Balaban J connectivity index is 3.85. The fourth-order valence-corrected chi connectivity index (χ4v) is 8.07. The van der Waals surface area contributed by atoms with Crippen LogP contribution in [0.15, 0.2) is 48.6 Å². The van der Waals surface area contributed by atoms with Crippen molar-refractivity contribution in [3.8, 4) is 0 Å². The highest BCUT2D eigenvalue weighted by atomic mass is 31.2. The first-order valence-electron chi connectivity index (χ1n) is 26.2. The average molecular weight is 938 g/mol. The van der Waals surface area contributed by atoms with E-state index in [0.717, 1.165) is 70.6 Å². The molecule has 0 saturated heterocycles. The third-order valence-corrected chi connectivity index (χ3v) is 12.3. The Morgan fingerprint density at radius 3 is 1.29 bits per heavy atom. The van der Waals surface area contributed by atoms with Crippen LogP contribution in [0.4, 0.5) is 0 Å². The van der Waals surface area contributed by atoms with Crippen LogP contribution in [0.5, 0.6) is 0 Å². The van der Waals surface area contributed by atoms with Gasteiger partial charge in [-0.2, -0.15) is 0 Å². The summed E-state index contributed by atoms with van der Waals surface area (Å²) in [5.74, 6) is -2.38. The summed E-state index contributed by atoms with van der Waals surface area (Å²) in [4.78, 5) is 46.1. The van der Waals surface area contributed by atoms with E-state index in [1.54, 1.807) is 0 Å². The van der Waals surface area contributed by atoms with Crippen LogP contribution >= 0.6 is 7.82 Å². The number of phosphoric ester groups is 1. The molecule has 11 nitrogen and oxygen atoms in total. The number of aliphatic hydroxyl groups is 1. The van der Waals surface area contributed by atoms with Crippen molar-refractivity contribution in [3.05, 3.63) is 48.6 Å². The molecule has 0 heterocycles. The largest absolute Gasteiger partial charge is 0.480 e. The Morgan fingerprint density at radius 1 is 0.492 bits per heavy atom. The van der Waals surface area contributed by atoms with Gasteiger partial charge in [0.2, 0.25) is 5.91 Å². The Bertz CT molecular complexity index is 1280. The number of aliphatic carboxylic acids is 1. The fraction of sp³-hybridized carbons (Fsp3) is 0.792. The fourth-order valence-electron chi connectivity index (χ4n) is 7.30. The van der Waals surface area contributed by atoms with E-state index >= 15 is 0 Å². The van der Waals surface area contributed by atoms with E-state index in [-0.39, 0.29) is 12.8 Å². The summed E-state index contributed by atoms with van der Waals surface area (Å²) in [6.45, 7) is 2.58. The van der Waals surface area contributed by atoms with Gasteiger partial charge in [0.25, 0.3) is 0 Å². The molecular weight excluding hydrogens is 842 g/mol. The zero-order valence-electron chi connectivity index (χ0n) is 41.3. The van der Waals surface area contributed by atoms with Gasteiger partial charge in [0.05, 0.1) is 13.2 Å². The SMILES string of the molecule is CCCCC/C=C\C/C=C\C/C=C\C/C=C\CCCCCCCC(=O)OCC(O)COP(=O)(O)OCC(NC(=O)CCCCCCCCCCCCCCCCCCCCCC)C(=O)O. The Morgan fingerprint density at radius 2 is 0.846 bits per heavy atom. The minimum absolute atomic E-state index is 0.147. The second kappa shape index (κ2) is 47.9. The number of rotatable bonds is 49. The summed E-state index contributed by atoms with van der Waals surface area (Å²) in [5.41, 5.74) is 0. The number of aliphatic hydroxyl groups excluding tert-OH is 1. The van der Waals surface area contributed by atoms with Crippen molar-refractivity contribution in [2.45, 2.75) is 251 Å². The number of allylic oxidation sites excluding steroid dienone is 8. The number of carboxylic acids is 1. The molecule has 4 N–H and O–H groups in total. The van der Waals surface area contributed by atoms with Gasteiger partial charge in [-0.15, -0.1) is 0 Å². The van der Waals surface area contributed by atoms with Crippen LogP contribution in [-0.2, 0) is 32.7 Å². The molecular formula is C53H96NO10P. The normalized spacial score (nSPS) is 13.9. The van der Waals surface area contributed by atoms with E-state index in [1.807, 2.05) is 0 Å². The third kappa shape index (κ3) is 47.7. The van der Waals surface area contributed by atoms with Gasteiger partial charge in [0, 0.05) is 12.8 Å². The smallest absolute Gasteiger partial charge is 0.472 e. The molecule has 0 aromatic rings. The number of carbonyl (C=O) groups excluding carboxylic acids is 2. The first-order valence-corrected chi connectivity index (χ1v) is 27.7. The van der Waals surface area contributed by atoms with Crippen LogP contribution in [0.2, 0.25) is 0 Å². The van der Waals surface area contributed by atoms with Crippen LogP contribution in [0.25, 0.3) is 0 Å². The second-order valence-corrected chi connectivity index (χ2v) is 19.2. The van der Waals surface area contributed by atoms with Crippen LogP contribution in [0.3, 0.4) is 0 Å². The summed E-state index contributed by atoms with van der Waals surface area (Å²) >= 11 is 0. The standard InChI is InChI=1S/C53H96NO10P/c1-3-5-7-9-11-13-15-17-19-21-23-25-27-29-31-33-35-37-39-41-43-45-52(57)62-46-49(55)47-63-65(60,61)64-48-50(53(58)59)54-51(56)44-42-40-38-36-34-32-30-28-26-24-22-20-18-16-14-12-10-8-6-4-2/h11,13,17,19,23,25,29,31,49-50,55H,3-10,12,14-16,18,20-22,24,26-28,30,32-48H2,1-2H3,(H,54,56)(H,58,59)(H,60,61)/b13-11-,19-17-,25-23-,31-29-. The molecule has 12 heteroatoms. The lowest BCUT2D eigenvalue weighted by atomic mass is 10.0. The monoisotopic (exact) mass is 938 g/mol. The molecule has 3 atom stereocenters. The van der Waals surface area contributed by atoms with Gasteiger partial charge in [0.15, 0.2) is 6.04 Å². The number of hydrogen-bond acceptors (Lipinski definition) is 8. The van der Waals surface area contributed by atoms with Crippen LogP contribution in [0.1, 0.15) is 239 Å². The van der Waals surface area contributed by atoms with Crippen molar-refractivity contribution in [3.63, 3.8) is 0 Å². The lowest BCUT2D eigenvalue weighted by Crippen LogP contribution is -2.43. The van der Waals surface area contributed by atoms with Crippen molar-refractivity contribution in [2.75, 3.05) is 19.8 Å². The van der Waals surface area contributed by atoms with E-state index in [2.05, 4.69) is 67.8 Å². The Labute approximate surface area is 396 Å². The molecule has 65 heavy (non-hydrogen) atoms. The highest BCUT2D eigenvalue weighted by Crippen LogP contribution is 2.43. The number of nitrogens with one attached hydrogen (secondary N) is 1. The minimum Gasteiger partial charge on any atom is -0.480 e. The maximum Gasteiger partial charge on any atom is 0.472 e. The molecule has 0 aromatic heterocycles. The van der Waals surface area contributed by atoms with Gasteiger partial charge in [-0.05, 0) is 57.8 Å². The molecule has 378 valence electrons. The van der Waals surface area contributed by atoms with E-state index in [0.29, 0.717) is 12.8 Å². The highest BCUT2D eigenvalue weighted by Gasteiger charge is 2.28. The van der Waals surface area contributed by atoms with Gasteiger partial charge in [0.1, 0.15) is 12.7 Å². The van der Waals surface area contributed by atoms with Gasteiger partial charge in [-0.1, -0.05) is 217 Å². The quantitative estimate of drug-likeness (QED) is 0.0199. The van der Waals surface area contributed by atoms with Gasteiger partial charge in [-0.25, -0.2) is 9.36 Å². The molecule has 0 radical (unpaired) electrons. The van der Waals surface area contributed by atoms with E-state index < -0.39 is 57.6 Å². The van der Waals surface area contributed by atoms with Crippen molar-refractivity contribution < 1.29 is 47.8 Å². The van der Waals surface area contributed by atoms with E-state index in [9.17, 15) is 34.1 Å². The van der Waals surface area contributed by atoms with Crippen LogP contribution in [-0.4, -0.2) is 64.9 Å². The molecule has 0 spiro atoms. The molecule has 0 saturated carbocycles. The van der Waals surface area contributed by atoms with Gasteiger partial charge < -0.3 is 25.2 Å². The maximum absolute atomic E-state index is 12.4. The van der Waals surface area contributed by atoms with Crippen molar-refractivity contribution in [2.24, 2.45) is 0 Å². The van der Waals surface area contributed by atoms with Crippen LogP contribution < -0.4 is 5.32 Å². The summed E-state index contributed by atoms with van der Waals surface area (Å²) in [6.07, 6.45) is 55.6. The van der Waals surface area contributed by atoms with Crippen LogP contribution in [0, 0.1) is 0 Å². The summed E-state index contributed by atoms with van der Waals surface area (Å²) in [5, 5.41) is 21.9. The molecule has 0 rings (SSSR count). The molecule has 0 aliphatic carbocycles. The summed E-state index contributed by atoms with van der Waals surface area (Å²) < 4.78 is 27.0. The molecule has 0 bridgehead atoms. The average Bonchev–Trinajstić information content (AvgIpc) is 3.28. The zero-order valence-corrected chi connectivity index (χ0v) is 42.2. The minimum atomic E-state index is -4.77. The molecule has 0 aliphatic rings. The number of ether oxygens (including phenoxy) is 1. The number of hydrogen-bond donors (Lipinski definition) is 4. The number of esters is 1. The van der Waals surface area contributed by atoms with Gasteiger partial charge >= 0.3 is 19.8 Å². The summed E-state index contributed by atoms with van der Waals surface area (Å²) in [6, 6.07) is -1.55. The molecule has 1 amide bonds. The second-order valence-electron chi connectivity index (χ2n) is 17.7. The Hall–Kier alpha value is -2.56. The van der Waals surface area contributed by atoms with E-state index in [4.69, 9.17) is 13.8 Å². The third-order valence-electron chi connectivity index (χ3n) is 11.4. The molecule has 0 aromatic carbocycles. The highest BCUT2D eigenvalue weighted by molar-refractivity contribution is 7.47. The molecule has 0 aliphatic heterocycles. The molecule has 0 fully saturated rings. The maximum atomic E-state index is 12.4. The Kier molecular flexibility index (Phi) is 46.0. The predicted octanol–water partition coefficient (Wildman–Crippen LogP) is 14.5. The summed E-state index contributed by atoms with van der Waals surface area (Å²) in [7, 11) is -4.77. The molecule has 3 unspecified atom stereocenters. The number of carbonyl (C=O) groups is 3. The number of unbranched alkanes of at least 4 members (excludes halogenated alkanes) is 27. The topological polar surface area (TPSA) is 169 Å². The number of amides is 1. The predicted molar refractivity (Wildman–Crippen MR) is 268 cm³/mol. The van der Waals surface area contributed by atoms with Crippen molar-refractivity contribution in [1.29, 1.82) is 0 Å². The lowest BCUT2D eigenvalue weighted by molar-refractivity contribution is -0.147. The van der Waals surface area contributed by atoms with Crippen molar-refractivity contribution >= 4 is 25.7 Å². The number of phosphoric acid groups is 1. The first kappa shape index (κ1) is 62.4. The van der Waals surface area contributed by atoms with Gasteiger partial charge in [-0.3, -0.25) is 18.6 Å². The van der Waals surface area contributed by atoms with Crippen molar-refractivity contribution in [1.82, 2.24) is 5.32 Å². The lowest BCUT2D eigenvalue weighted by Gasteiger charge is -2.18. The zero-order chi connectivity index (χ0) is 47.7. The number of carboxylic acid groups (broad SMARTS) is 1. The first-order chi connectivity index (χ1) is 31.6.